The van der Waals surface area contributed by atoms with Crippen LogP contribution in [-0.4, -0.2) is 24.9 Å². The van der Waals surface area contributed by atoms with Crippen molar-refractivity contribution in [3.05, 3.63) is 94.0 Å². The van der Waals surface area contributed by atoms with Gasteiger partial charge in [-0.3, -0.25) is 9.36 Å². The van der Waals surface area contributed by atoms with E-state index in [2.05, 4.69) is 4.72 Å². The van der Waals surface area contributed by atoms with Crippen molar-refractivity contribution in [2.45, 2.75) is 30.8 Å². The molecule has 1 unspecified atom stereocenters. The van der Waals surface area contributed by atoms with E-state index in [1.165, 1.54) is 16.7 Å². The van der Waals surface area contributed by atoms with Crippen LogP contribution in [0.1, 0.15) is 28.4 Å². The minimum atomic E-state index is -3.85. The number of rotatable bonds is 5. The number of sulfonamides is 1. The standard InChI is InChI=1S/C25H23N3O5S/c1-16-12-19-9-8-17(13-22(19)28(16)24(29)18-6-4-3-5-7-18)15-26-34(31,32)20-10-11-21-23(14-20)33-25(30)27(21)2/h3-11,13-14,16,26H,12,15H2,1-2H3. The van der Waals surface area contributed by atoms with Crippen LogP contribution >= 0.6 is 0 Å². The Morgan fingerprint density at radius 2 is 1.85 bits per heavy atom. The molecule has 34 heavy (non-hydrogen) atoms. The fourth-order valence-electron chi connectivity index (χ4n) is 4.34. The van der Waals surface area contributed by atoms with E-state index in [9.17, 15) is 18.0 Å². The molecule has 1 amide bonds. The number of benzene rings is 3. The van der Waals surface area contributed by atoms with Crippen molar-refractivity contribution in [2.75, 3.05) is 4.90 Å². The number of carbonyl (C=O) groups is 1. The average Bonchev–Trinajstić information content (AvgIpc) is 3.31. The molecule has 0 spiro atoms. The Morgan fingerprint density at radius 1 is 1.09 bits per heavy atom. The van der Waals surface area contributed by atoms with Crippen LogP contribution in [-0.2, 0) is 30.0 Å². The predicted molar refractivity (Wildman–Crippen MR) is 128 cm³/mol. The summed E-state index contributed by atoms with van der Waals surface area (Å²) in [4.78, 5) is 26.6. The fourth-order valence-corrected chi connectivity index (χ4v) is 5.37. The zero-order valence-electron chi connectivity index (χ0n) is 18.7. The summed E-state index contributed by atoms with van der Waals surface area (Å²) >= 11 is 0. The lowest BCUT2D eigenvalue weighted by Crippen LogP contribution is -2.35. The number of hydrogen-bond donors (Lipinski definition) is 1. The molecule has 3 aromatic carbocycles. The van der Waals surface area contributed by atoms with Crippen LogP contribution in [0, 0.1) is 0 Å². The molecule has 4 aromatic rings. The summed E-state index contributed by atoms with van der Waals surface area (Å²) in [6.07, 6.45) is 0.738. The lowest BCUT2D eigenvalue weighted by molar-refractivity contribution is 0.0981. The molecule has 9 heteroatoms. The Bertz CT molecular complexity index is 1570. The number of nitrogens with one attached hydrogen (secondary N) is 1. The van der Waals surface area contributed by atoms with Crippen LogP contribution in [0.4, 0.5) is 5.69 Å². The van der Waals surface area contributed by atoms with E-state index < -0.39 is 15.8 Å². The Hall–Kier alpha value is -3.69. The van der Waals surface area contributed by atoms with E-state index in [-0.39, 0.29) is 29.0 Å². The van der Waals surface area contributed by atoms with Crippen LogP contribution in [0.5, 0.6) is 0 Å². The Balaban J connectivity index is 1.38. The van der Waals surface area contributed by atoms with Crippen LogP contribution in [0.25, 0.3) is 11.1 Å². The van der Waals surface area contributed by atoms with Gasteiger partial charge >= 0.3 is 5.76 Å². The van der Waals surface area contributed by atoms with Gasteiger partial charge in [0.05, 0.1) is 10.4 Å². The van der Waals surface area contributed by atoms with Crippen LogP contribution in [0.2, 0.25) is 0 Å². The Labute approximate surface area is 196 Å². The van der Waals surface area contributed by atoms with E-state index in [0.29, 0.717) is 11.1 Å². The number of aryl methyl sites for hydroxylation is 1. The maximum atomic E-state index is 13.1. The van der Waals surface area contributed by atoms with E-state index in [0.717, 1.165) is 23.2 Å². The quantitative estimate of drug-likeness (QED) is 0.476. The van der Waals surface area contributed by atoms with Crippen molar-refractivity contribution >= 4 is 32.7 Å². The first-order valence-corrected chi connectivity index (χ1v) is 12.3. The molecule has 2 heterocycles. The topological polar surface area (TPSA) is 102 Å². The molecule has 0 saturated carbocycles. The second kappa shape index (κ2) is 8.27. The van der Waals surface area contributed by atoms with Gasteiger partial charge in [0.1, 0.15) is 0 Å². The number of hydrogen-bond acceptors (Lipinski definition) is 5. The van der Waals surface area contributed by atoms with Crippen molar-refractivity contribution in [3.8, 4) is 0 Å². The third kappa shape index (κ3) is 3.82. The van der Waals surface area contributed by atoms with Crippen molar-refractivity contribution in [3.63, 3.8) is 0 Å². The van der Waals surface area contributed by atoms with Gasteiger partial charge in [0.25, 0.3) is 5.91 Å². The second-order valence-electron chi connectivity index (χ2n) is 8.44. The number of nitrogens with zero attached hydrogens (tertiary/aromatic N) is 2. The number of aromatic nitrogens is 1. The third-order valence-electron chi connectivity index (χ3n) is 6.15. The summed E-state index contributed by atoms with van der Waals surface area (Å²) in [6.45, 7) is 2.05. The lowest BCUT2D eigenvalue weighted by atomic mass is 10.1. The van der Waals surface area contributed by atoms with Crippen LogP contribution in [0.15, 0.2) is 80.8 Å². The molecule has 0 bridgehead atoms. The number of carbonyl (C=O) groups excluding carboxylic acids is 1. The normalized spacial score (nSPS) is 15.6. The first-order valence-electron chi connectivity index (χ1n) is 10.8. The van der Waals surface area contributed by atoms with E-state index >= 15 is 0 Å². The molecule has 1 aromatic heterocycles. The van der Waals surface area contributed by atoms with Gasteiger partial charge in [-0.1, -0.05) is 30.3 Å². The number of fused-ring (bicyclic) bond motifs is 2. The summed E-state index contributed by atoms with van der Waals surface area (Å²) in [6, 6.07) is 19.1. The summed E-state index contributed by atoms with van der Waals surface area (Å²) in [5.74, 6) is -0.637. The lowest BCUT2D eigenvalue weighted by Gasteiger charge is -2.23. The van der Waals surface area contributed by atoms with Crippen molar-refractivity contribution in [2.24, 2.45) is 7.05 Å². The molecule has 174 valence electrons. The van der Waals surface area contributed by atoms with E-state index in [4.69, 9.17) is 4.42 Å². The van der Waals surface area contributed by atoms with Crippen molar-refractivity contribution < 1.29 is 17.6 Å². The monoisotopic (exact) mass is 477 g/mol. The van der Waals surface area contributed by atoms with Gasteiger partial charge in [-0.05, 0) is 54.8 Å². The van der Waals surface area contributed by atoms with Gasteiger partial charge in [-0.2, -0.15) is 0 Å². The molecule has 1 atom stereocenters. The van der Waals surface area contributed by atoms with Gasteiger partial charge in [-0.25, -0.2) is 17.9 Å². The van der Waals surface area contributed by atoms with Crippen molar-refractivity contribution in [1.82, 2.24) is 9.29 Å². The highest BCUT2D eigenvalue weighted by atomic mass is 32.2. The highest BCUT2D eigenvalue weighted by molar-refractivity contribution is 7.89. The molecule has 1 N–H and O–H groups in total. The summed E-state index contributed by atoms with van der Waals surface area (Å²) in [5, 5.41) is 0. The zero-order chi connectivity index (χ0) is 24.0. The van der Waals surface area contributed by atoms with Gasteiger partial charge in [-0.15, -0.1) is 0 Å². The molecule has 5 rings (SSSR count). The van der Waals surface area contributed by atoms with E-state index in [1.54, 1.807) is 30.1 Å². The third-order valence-corrected chi connectivity index (χ3v) is 7.54. The maximum absolute atomic E-state index is 13.1. The average molecular weight is 478 g/mol. The zero-order valence-corrected chi connectivity index (χ0v) is 19.5. The van der Waals surface area contributed by atoms with Crippen LogP contribution < -0.4 is 15.4 Å². The predicted octanol–water partition coefficient (Wildman–Crippen LogP) is 3.20. The van der Waals surface area contributed by atoms with Gasteiger partial charge in [0.2, 0.25) is 10.0 Å². The minimum absolute atomic E-state index is 0.00176. The number of oxazole rings is 1. The molecule has 0 fully saturated rings. The first kappa shape index (κ1) is 22.1. The molecule has 1 aliphatic rings. The second-order valence-corrected chi connectivity index (χ2v) is 10.2. The van der Waals surface area contributed by atoms with Gasteiger partial charge in [0.15, 0.2) is 5.58 Å². The molecular formula is C25H23N3O5S. The summed E-state index contributed by atoms with van der Waals surface area (Å²) in [5.41, 5.74) is 3.90. The molecule has 0 saturated heterocycles. The smallest absolute Gasteiger partial charge is 0.408 e. The molecule has 8 nitrogen and oxygen atoms in total. The van der Waals surface area contributed by atoms with E-state index in [1.807, 2.05) is 43.3 Å². The Morgan fingerprint density at radius 3 is 2.62 bits per heavy atom. The molecule has 1 aliphatic heterocycles. The Kier molecular flexibility index (Phi) is 5.38. The van der Waals surface area contributed by atoms with Crippen LogP contribution in [0.3, 0.4) is 0 Å². The minimum Gasteiger partial charge on any atom is -0.408 e. The molecule has 0 radical (unpaired) electrons. The highest BCUT2D eigenvalue weighted by Crippen LogP contribution is 2.34. The molecular weight excluding hydrogens is 454 g/mol. The molecule has 0 aliphatic carbocycles. The highest BCUT2D eigenvalue weighted by Gasteiger charge is 2.31. The number of anilines is 1. The first-order chi connectivity index (χ1) is 16.2. The van der Waals surface area contributed by atoms with Gasteiger partial charge in [0, 0.05) is 37.0 Å². The van der Waals surface area contributed by atoms with Gasteiger partial charge < -0.3 is 9.32 Å². The maximum Gasteiger partial charge on any atom is 0.419 e. The SMILES string of the molecule is CC1Cc2ccc(CNS(=O)(=O)c3ccc4c(c3)oc(=O)n4C)cc2N1C(=O)c1ccccc1. The van der Waals surface area contributed by atoms with Crippen molar-refractivity contribution in [1.29, 1.82) is 0 Å². The number of amides is 1. The summed E-state index contributed by atoms with van der Waals surface area (Å²) in [7, 11) is -2.30. The fraction of sp³-hybridized carbons (Fsp3) is 0.200. The summed E-state index contributed by atoms with van der Waals surface area (Å²) < 4.78 is 34.8. The largest absolute Gasteiger partial charge is 0.419 e.